The van der Waals surface area contributed by atoms with Gasteiger partial charge in [-0.3, -0.25) is 0 Å². The van der Waals surface area contributed by atoms with Gasteiger partial charge in [0, 0.05) is 18.8 Å². The maximum atomic E-state index is 6.18. The molecule has 0 amide bonds. The highest BCUT2D eigenvalue weighted by molar-refractivity contribution is 6.42. The van der Waals surface area contributed by atoms with Gasteiger partial charge in [-0.05, 0) is 41.5 Å². The SMILES string of the molecule is CNc1ncccc1-c1noc(/C(=C/c2ccc(Cl)c(Cl)c2)c2ccccc2)n1. The van der Waals surface area contributed by atoms with Crippen molar-refractivity contribution in [1.29, 1.82) is 0 Å². The van der Waals surface area contributed by atoms with Crippen LogP contribution >= 0.6 is 23.2 Å². The third-order valence-electron chi connectivity index (χ3n) is 4.28. The number of hydrogen-bond donors (Lipinski definition) is 1. The van der Waals surface area contributed by atoms with Gasteiger partial charge in [0.15, 0.2) is 0 Å². The standard InChI is InChI=1S/C22H16Cl2N4O/c1-25-20-16(8-5-11-26-20)21-27-22(29-28-21)17(15-6-3-2-4-7-15)12-14-9-10-18(23)19(24)13-14/h2-13H,1H3,(H,25,26)/b17-12+. The molecule has 144 valence electrons. The van der Waals surface area contributed by atoms with E-state index in [9.17, 15) is 0 Å². The molecule has 4 rings (SSSR count). The lowest BCUT2D eigenvalue weighted by Gasteiger charge is -2.05. The molecule has 2 aromatic heterocycles. The number of rotatable bonds is 5. The summed E-state index contributed by atoms with van der Waals surface area (Å²) in [6.45, 7) is 0. The highest BCUT2D eigenvalue weighted by atomic mass is 35.5. The Bertz CT molecular complexity index is 1170. The molecule has 0 aliphatic heterocycles. The second-order valence-electron chi connectivity index (χ2n) is 6.17. The van der Waals surface area contributed by atoms with Crippen molar-refractivity contribution in [3.63, 3.8) is 0 Å². The molecule has 0 aliphatic carbocycles. The van der Waals surface area contributed by atoms with Crippen LogP contribution in [0.2, 0.25) is 10.0 Å². The van der Waals surface area contributed by atoms with Gasteiger partial charge in [-0.2, -0.15) is 4.98 Å². The van der Waals surface area contributed by atoms with Crippen LogP contribution < -0.4 is 5.32 Å². The van der Waals surface area contributed by atoms with E-state index in [1.807, 2.05) is 54.6 Å². The van der Waals surface area contributed by atoms with Gasteiger partial charge in [-0.15, -0.1) is 0 Å². The minimum atomic E-state index is 0.392. The average Bonchev–Trinajstić information content (AvgIpc) is 3.25. The molecule has 0 atom stereocenters. The van der Waals surface area contributed by atoms with E-state index in [0.29, 0.717) is 27.6 Å². The number of nitrogens with zero attached hydrogens (tertiary/aromatic N) is 3. The second kappa shape index (κ2) is 8.47. The van der Waals surface area contributed by atoms with Gasteiger partial charge in [0.25, 0.3) is 5.89 Å². The number of aromatic nitrogens is 3. The van der Waals surface area contributed by atoms with Gasteiger partial charge in [0.05, 0.1) is 15.6 Å². The van der Waals surface area contributed by atoms with Crippen LogP contribution in [0.4, 0.5) is 5.82 Å². The van der Waals surface area contributed by atoms with Crippen molar-refractivity contribution in [2.45, 2.75) is 0 Å². The maximum Gasteiger partial charge on any atom is 0.258 e. The third kappa shape index (κ3) is 4.16. The van der Waals surface area contributed by atoms with E-state index in [0.717, 1.165) is 22.3 Å². The van der Waals surface area contributed by atoms with Crippen molar-refractivity contribution >= 4 is 40.7 Å². The fraction of sp³-hybridized carbons (Fsp3) is 0.0455. The molecule has 5 nitrogen and oxygen atoms in total. The molecule has 0 saturated carbocycles. The monoisotopic (exact) mass is 422 g/mol. The highest BCUT2D eigenvalue weighted by Crippen LogP contribution is 2.30. The zero-order valence-corrected chi connectivity index (χ0v) is 16.9. The number of nitrogens with one attached hydrogen (secondary N) is 1. The lowest BCUT2D eigenvalue weighted by molar-refractivity contribution is 0.409. The molecule has 0 bridgehead atoms. The van der Waals surface area contributed by atoms with Crippen LogP contribution in [-0.4, -0.2) is 22.2 Å². The maximum absolute atomic E-state index is 6.18. The van der Waals surface area contributed by atoms with Crippen LogP contribution in [0.3, 0.4) is 0 Å². The summed E-state index contributed by atoms with van der Waals surface area (Å²) in [4.78, 5) is 8.91. The smallest absolute Gasteiger partial charge is 0.258 e. The Morgan fingerprint density at radius 3 is 2.59 bits per heavy atom. The molecule has 0 saturated heterocycles. The number of hydrogen-bond acceptors (Lipinski definition) is 5. The first-order valence-electron chi connectivity index (χ1n) is 8.85. The Labute approximate surface area is 178 Å². The highest BCUT2D eigenvalue weighted by Gasteiger charge is 2.17. The van der Waals surface area contributed by atoms with Gasteiger partial charge >= 0.3 is 0 Å². The average molecular weight is 423 g/mol. The summed E-state index contributed by atoms with van der Waals surface area (Å²) in [5.74, 6) is 1.52. The van der Waals surface area contributed by atoms with E-state index in [2.05, 4.69) is 20.4 Å². The third-order valence-corrected chi connectivity index (χ3v) is 5.02. The molecule has 0 aliphatic rings. The number of pyridine rings is 1. The van der Waals surface area contributed by atoms with Crippen molar-refractivity contribution < 1.29 is 4.52 Å². The summed E-state index contributed by atoms with van der Waals surface area (Å²) in [5.41, 5.74) is 3.34. The van der Waals surface area contributed by atoms with Gasteiger partial charge in [0.2, 0.25) is 5.82 Å². The Kier molecular flexibility index (Phi) is 5.60. The number of benzene rings is 2. The van der Waals surface area contributed by atoms with E-state index >= 15 is 0 Å². The zero-order chi connectivity index (χ0) is 20.2. The molecule has 0 spiro atoms. The van der Waals surface area contributed by atoms with Crippen LogP contribution in [0.25, 0.3) is 23.0 Å². The molecule has 2 heterocycles. The molecule has 2 aromatic carbocycles. The lowest BCUT2D eigenvalue weighted by atomic mass is 10.0. The summed E-state index contributed by atoms with van der Waals surface area (Å²) < 4.78 is 5.62. The first kappa shape index (κ1) is 19.2. The molecule has 0 radical (unpaired) electrons. The van der Waals surface area contributed by atoms with E-state index in [1.54, 1.807) is 25.4 Å². The van der Waals surface area contributed by atoms with Crippen LogP contribution in [0.1, 0.15) is 17.0 Å². The van der Waals surface area contributed by atoms with Gasteiger partial charge in [0.1, 0.15) is 5.82 Å². The molecule has 7 heteroatoms. The number of anilines is 1. The van der Waals surface area contributed by atoms with Crippen LogP contribution in [0, 0.1) is 0 Å². The molecule has 0 unspecified atom stereocenters. The summed E-state index contributed by atoms with van der Waals surface area (Å²) in [6.07, 6.45) is 3.65. The van der Waals surface area contributed by atoms with Crippen molar-refractivity contribution in [3.8, 4) is 11.4 Å². The zero-order valence-electron chi connectivity index (χ0n) is 15.4. The van der Waals surface area contributed by atoms with Gasteiger partial charge in [-0.1, -0.05) is 64.8 Å². The first-order chi connectivity index (χ1) is 14.2. The number of halogens is 2. The molecular formula is C22H16Cl2N4O. The van der Waals surface area contributed by atoms with Crippen molar-refractivity contribution in [2.75, 3.05) is 12.4 Å². The van der Waals surface area contributed by atoms with E-state index in [-0.39, 0.29) is 0 Å². The molecule has 29 heavy (non-hydrogen) atoms. The molecule has 1 N–H and O–H groups in total. The lowest BCUT2D eigenvalue weighted by Crippen LogP contribution is -1.96. The summed E-state index contributed by atoms with van der Waals surface area (Å²) in [7, 11) is 1.80. The Hall–Kier alpha value is -3.15. The van der Waals surface area contributed by atoms with Crippen LogP contribution in [-0.2, 0) is 0 Å². The first-order valence-corrected chi connectivity index (χ1v) is 9.60. The summed E-state index contributed by atoms with van der Waals surface area (Å²) in [6, 6.07) is 19.0. The van der Waals surface area contributed by atoms with Crippen LogP contribution in [0.5, 0.6) is 0 Å². The molecular weight excluding hydrogens is 407 g/mol. The van der Waals surface area contributed by atoms with Gasteiger partial charge in [-0.25, -0.2) is 4.98 Å². The van der Waals surface area contributed by atoms with E-state index < -0.39 is 0 Å². The minimum absolute atomic E-state index is 0.392. The summed E-state index contributed by atoms with van der Waals surface area (Å²) >= 11 is 12.2. The van der Waals surface area contributed by atoms with Crippen LogP contribution in [0.15, 0.2) is 71.4 Å². The van der Waals surface area contributed by atoms with E-state index in [1.165, 1.54) is 0 Å². The van der Waals surface area contributed by atoms with Crippen molar-refractivity contribution in [3.05, 3.63) is 93.9 Å². The van der Waals surface area contributed by atoms with Crippen molar-refractivity contribution in [1.82, 2.24) is 15.1 Å². The topological polar surface area (TPSA) is 63.8 Å². The van der Waals surface area contributed by atoms with E-state index in [4.69, 9.17) is 27.7 Å². The normalized spacial score (nSPS) is 11.5. The Morgan fingerprint density at radius 1 is 1.00 bits per heavy atom. The predicted octanol–water partition coefficient (Wildman–Crippen LogP) is 6.07. The second-order valence-corrected chi connectivity index (χ2v) is 6.98. The fourth-order valence-corrected chi connectivity index (χ4v) is 3.19. The predicted molar refractivity (Wildman–Crippen MR) is 117 cm³/mol. The van der Waals surface area contributed by atoms with Crippen molar-refractivity contribution in [2.24, 2.45) is 0 Å². The molecule has 0 fully saturated rings. The largest absolute Gasteiger partial charge is 0.373 e. The van der Waals surface area contributed by atoms with Gasteiger partial charge < -0.3 is 9.84 Å². The quantitative estimate of drug-likeness (QED) is 0.395. The minimum Gasteiger partial charge on any atom is -0.373 e. The Balaban J connectivity index is 1.82. The Morgan fingerprint density at radius 2 is 1.83 bits per heavy atom. The molecule has 4 aromatic rings. The fourth-order valence-electron chi connectivity index (χ4n) is 2.88. The summed E-state index contributed by atoms with van der Waals surface area (Å²) in [5, 5.41) is 8.18.